The smallest absolute Gasteiger partial charge is 0.306 e. The fraction of sp³-hybridized carbons (Fsp3) is 0.716. The number of hydrogen-bond acceptors (Lipinski definition) is 6. The van der Waals surface area contributed by atoms with Crippen molar-refractivity contribution in [2.75, 3.05) is 13.2 Å². The fourth-order valence-electron chi connectivity index (χ4n) is 9.45. The van der Waals surface area contributed by atoms with Crippen molar-refractivity contribution in [1.82, 2.24) is 0 Å². The van der Waals surface area contributed by atoms with E-state index in [1.165, 1.54) is 167 Å². The molecule has 0 aromatic carbocycles. The molecule has 0 fully saturated rings. The van der Waals surface area contributed by atoms with Crippen molar-refractivity contribution in [3.05, 3.63) is 109 Å². The number of unbranched alkanes of at least 4 members (excludes halogenated alkanes) is 32. The molecule has 0 aliphatic heterocycles. The molecule has 458 valence electrons. The van der Waals surface area contributed by atoms with Gasteiger partial charge in [-0.2, -0.15) is 0 Å². The number of hydrogen-bond donors (Lipinski definition) is 0. The second kappa shape index (κ2) is 67.6. The lowest BCUT2D eigenvalue weighted by molar-refractivity contribution is -0.167. The minimum atomic E-state index is -0.780. The molecule has 0 N–H and O–H groups in total. The summed E-state index contributed by atoms with van der Waals surface area (Å²) in [5.74, 6) is -0.889. The van der Waals surface area contributed by atoms with Crippen molar-refractivity contribution in [2.45, 2.75) is 329 Å². The Morgan fingerprint density at radius 2 is 0.487 bits per heavy atom. The van der Waals surface area contributed by atoms with Gasteiger partial charge in [-0.15, -0.1) is 0 Å². The second-order valence-corrected chi connectivity index (χ2v) is 22.4. The summed E-state index contributed by atoms with van der Waals surface area (Å²) in [4.78, 5) is 38.1. The molecule has 1 unspecified atom stereocenters. The summed E-state index contributed by atoms with van der Waals surface area (Å²) in [6.45, 7) is 6.48. The monoisotopic (exact) mass is 1110 g/mol. The molecule has 0 radical (unpaired) electrons. The first-order valence-electron chi connectivity index (χ1n) is 33.9. The lowest BCUT2D eigenvalue weighted by Gasteiger charge is -2.18. The Hall–Kier alpha value is -3.93. The molecule has 0 aliphatic rings. The van der Waals surface area contributed by atoms with Gasteiger partial charge in [0.25, 0.3) is 0 Å². The van der Waals surface area contributed by atoms with Crippen LogP contribution >= 0.6 is 0 Å². The third-order valence-corrected chi connectivity index (χ3v) is 14.5. The molecule has 0 bridgehead atoms. The molecule has 0 spiro atoms. The largest absolute Gasteiger partial charge is 0.462 e. The number of carbonyl (C=O) groups excluding carboxylic acids is 3. The zero-order chi connectivity index (χ0) is 57.8. The first kappa shape index (κ1) is 76.1. The van der Waals surface area contributed by atoms with E-state index in [-0.39, 0.29) is 31.1 Å². The summed E-state index contributed by atoms with van der Waals surface area (Å²) in [6, 6.07) is 0. The van der Waals surface area contributed by atoms with Crippen LogP contribution in [0.3, 0.4) is 0 Å². The molecule has 0 aromatic heterocycles. The average molecular weight is 1110 g/mol. The molecule has 6 heteroatoms. The molecule has 0 saturated heterocycles. The van der Waals surface area contributed by atoms with Gasteiger partial charge in [0.2, 0.25) is 0 Å². The van der Waals surface area contributed by atoms with Crippen LogP contribution in [0.2, 0.25) is 0 Å². The normalized spacial score (nSPS) is 12.8. The molecule has 6 nitrogen and oxygen atoms in total. The maximum atomic E-state index is 12.9. The molecule has 0 amide bonds. The van der Waals surface area contributed by atoms with Crippen LogP contribution < -0.4 is 0 Å². The second-order valence-electron chi connectivity index (χ2n) is 22.4. The quantitative estimate of drug-likeness (QED) is 0.0261. The predicted octanol–water partition coefficient (Wildman–Crippen LogP) is 23.4. The van der Waals surface area contributed by atoms with Gasteiger partial charge in [0.05, 0.1) is 0 Å². The Labute approximate surface area is 495 Å². The van der Waals surface area contributed by atoms with E-state index >= 15 is 0 Å². The summed E-state index contributed by atoms with van der Waals surface area (Å²) >= 11 is 0. The summed E-state index contributed by atoms with van der Waals surface area (Å²) in [6.07, 6.45) is 92.8. The zero-order valence-corrected chi connectivity index (χ0v) is 52.6. The van der Waals surface area contributed by atoms with Crippen LogP contribution in [0.15, 0.2) is 109 Å². The van der Waals surface area contributed by atoms with E-state index in [0.29, 0.717) is 19.3 Å². The Balaban J connectivity index is 4.09. The van der Waals surface area contributed by atoms with Gasteiger partial charge in [-0.05, 0) is 109 Å². The van der Waals surface area contributed by atoms with E-state index in [2.05, 4.69) is 130 Å². The maximum absolute atomic E-state index is 12.9. The Morgan fingerprint density at radius 1 is 0.263 bits per heavy atom. The van der Waals surface area contributed by atoms with Crippen LogP contribution in [-0.4, -0.2) is 37.2 Å². The van der Waals surface area contributed by atoms with Crippen molar-refractivity contribution in [1.29, 1.82) is 0 Å². The first-order valence-corrected chi connectivity index (χ1v) is 33.9. The third kappa shape index (κ3) is 64.9. The number of allylic oxidation sites excluding steroid dienone is 18. The number of carbonyl (C=O) groups is 3. The van der Waals surface area contributed by atoms with Crippen LogP contribution in [0, 0.1) is 0 Å². The van der Waals surface area contributed by atoms with Crippen LogP contribution in [-0.2, 0) is 28.6 Å². The van der Waals surface area contributed by atoms with Crippen molar-refractivity contribution in [3.8, 4) is 0 Å². The van der Waals surface area contributed by atoms with Gasteiger partial charge in [0, 0.05) is 19.3 Å². The Kier molecular flexibility index (Phi) is 64.3. The van der Waals surface area contributed by atoms with Crippen LogP contribution in [0.5, 0.6) is 0 Å². The van der Waals surface area contributed by atoms with Crippen LogP contribution in [0.25, 0.3) is 0 Å². The highest BCUT2D eigenvalue weighted by Crippen LogP contribution is 2.16. The minimum Gasteiger partial charge on any atom is -0.462 e. The molecular formula is C74H126O6. The Bertz CT molecular complexity index is 1610. The highest BCUT2D eigenvalue weighted by atomic mass is 16.6. The van der Waals surface area contributed by atoms with Gasteiger partial charge in [0.15, 0.2) is 6.10 Å². The van der Waals surface area contributed by atoms with Crippen molar-refractivity contribution in [2.24, 2.45) is 0 Å². The third-order valence-electron chi connectivity index (χ3n) is 14.5. The van der Waals surface area contributed by atoms with Gasteiger partial charge in [-0.1, -0.05) is 304 Å². The van der Waals surface area contributed by atoms with Crippen molar-refractivity contribution < 1.29 is 28.6 Å². The average Bonchev–Trinajstić information content (AvgIpc) is 3.46. The van der Waals surface area contributed by atoms with Gasteiger partial charge in [0.1, 0.15) is 13.2 Å². The standard InChI is InChI=1S/C74H126O6/c1-4-7-10-13-16-18-20-22-24-26-28-30-32-33-34-35-36-37-38-39-40-41-43-44-46-48-50-52-54-56-58-61-64-67-73(76)79-70-71(69-78-72(75)66-63-60-15-12-9-6-3)80-74(77)68-65-62-59-57-55-53-51-49-47-45-42-31-29-27-25-23-21-19-17-14-11-8-5-2/h7,10,16,18,22,24,27-30,33-34,36-37,39-40,43-44,71H,4-6,8-9,11-15,17,19-21,23,25-26,31-32,35,38,41-42,45-70H2,1-3H3/b10-7-,18-16-,24-22-,29-27-,30-28-,34-33-,37-36-,40-39-,44-43-. The molecule has 0 saturated carbocycles. The summed E-state index contributed by atoms with van der Waals surface area (Å²) < 4.78 is 16.8. The van der Waals surface area contributed by atoms with E-state index in [4.69, 9.17) is 14.2 Å². The van der Waals surface area contributed by atoms with Crippen molar-refractivity contribution in [3.63, 3.8) is 0 Å². The van der Waals surface area contributed by atoms with Crippen molar-refractivity contribution >= 4 is 17.9 Å². The topological polar surface area (TPSA) is 78.9 Å². The molecule has 0 heterocycles. The summed E-state index contributed by atoms with van der Waals surface area (Å²) in [7, 11) is 0. The van der Waals surface area contributed by atoms with E-state index in [1.807, 2.05) is 0 Å². The van der Waals surface area contributed by atoms with Gasteiger partial charge in [-0.25, -0.2) is 0 Å². The lowest BCUT2D eigenvalue weighted by Crippen LogP contribution is -2.30. The lowest BCUT2D eigenvalue weighted by atomic mass is 10.0. The highest BCUT2D eigenvalue weighted by molar-refractivity contribution is 5.71. The highest BCUT2D eigenvalue weighted by Gasteiger charge is 2.19. The van der Waals surface area contributed by atoms with Crippen LogP contribution in [0.4, 0.5) is 0 Å². The van der Waals surface area contributed by atoms with Gasteiger partial charge in [-0.3, -0.25) is 14.4 Å². The molecule has 0 aromatic rings. The van der Waals surface area contributed by atoms with E-state index < -0.39 is 6.10 Å². The Morgan fingerprint density at radius 3 is 0.775 bits per heavy atom. The number of ether oxygens (including phenoxy) is 3. The molecule has 0 rings (SSSR count). The van der Waals surface area contributed by atoms with E-state index in [1.54, 1.807) is 0 Å². The first-order chi connectivity index (χ1) is 39.5. The zero-order valence-electron chi connectivity index (χ0n) is 52.6. The number of rotatable bonds is 61. The van der Waals surface area contributed by atoms with Crippen LogP contribution in [0.1, 0.15) is 323 Å². The van der Waals surface area contributed by atoms with E-state index in [0.717, 1.165) is 116 Å². The number of esters is 3. The summed E-state index contributed by atoms with van der Waals surface area (Å²) in [5, 5.41) is 0. The minimum absolute atomic E-state index is 0.0793. The summed E-state index contributed by atoms with van der Waals surface area (Å²) in [5.41, 5.74) is 0. The van der Waals surface area contributed by atoms with Gasteiger partial charge >= 0.3 is 17.9 Å². The molecule has 0 aliphatic carbocycles. The van der Waals surface area contributed by atoms with E-state index in [9.17, 15) is 14.4 Å². The molecule has 80 heavy (non-hydrogen) atoms. The molecule has 1 atom stereocenters. The molecular weight excluding hydrogens is 985 g/mol. The predicted molar refractivity (Wildman–Crippen MR) is 348 cm³/mol. The SMILES string of the molecule is CC/C=C\C/C=C\C/C=C\C/C=C\C/C=C\C/C=C\C/C=C\C/C=C\CCCCCCCCCCC(=O)OCC(COC(=O)CCCCCCCC)OC(=O)CCCCCCCCCCCCC/C=C\CCCCCCCCCC. The fourth-order valence-corrected chi connectivity index (χ4v) is 9.45. The maximum Gasteiger partial charge on any atom is 0.306 e. The van der Waals surface area contributed by atoms with Gasteiger partial charge < -0.3 is 14.2 Å².